The lowest BCUT2D eigenvalue weighted by Crippen LogP contribution is -2.24. The first kappa shape index (κ1) is 26.9. The van der Waals surface area contributed by atoms with E-state index in [1.54, 1.807) is 0 Å². The molecule has 0 fully saturated rings. The quantitative estimate of drug-likeness (QED) is 0.204. The zero-order chi connectivity index (χ0) is 22.1. The van der Waals surface area contributed by atoms with Gasteiger partial charge in [-0.1, -0.05) is 17.7 Å². The Morgan fingerprint density at radius 2 is 1.23 bits per heavy atom. The average Bonchev–Trinajstić information content (AvgIpc) is 2.67. The summed E-state index contributed by atoms with van der Waals surface area (Å²) in [4.78, 5) is 12.6. The van der Waals surface area contributed by atoms with Crippen LogP contribution in [0.1, 0.15) is 32.8 Å². The highest BCUT2D eigenvalue weighted by molar-refractivity contribution is 7.94. The van der Waals surface area contributed by atoms with Crippen molar-refractivity contribution >= 4 is 18.0 Å². The smallest absolute Gasteiger partial charge is 0.308 e. The standard InChI is InChI=1S/C22H36O7S/c1-19-5-7-20(8-6-19)30-28-18-17-27-16-15-26-14-13-25-12-11-24-10-9-21(23)29-22(2,3)4/h5-8H,9-18H2,1-4H3. The van der Waals surface area contributed by atoms with Gasteiger partial charge in [-0.15, -0.1) is 0 Å². The van der Waals surface area contributed by atoms with E-state index in [1.165, 1.54) is 17.6 Å². The fraction of sp³-hybridized carbons (Fsp3) is 0.682. The van der Waals surface area contributed by atoms with Gasteiger partial charge >= 0.3 is 5.97 Å². The predicted octanol–water partition coefficient (Wildman–Crippen LogP) is 3.82. The van der Waals surface area contributed by atoms with Crippen LogP contribution >= 0.6 is 12.0 Å². The number of hydrogen-bond acceptors (Lipinski definition) is 8. The molecule has 0 aromatic heterocycles. The third kappa shape index (κ3) is 16.6. The zero-order valence-electron chi connectivity index (χ0n) is 18.6. The summed E-state index contributed by atoms with van der Waals surface area (Å²) in [5.74, 6) is -0.254. The van der Waals surface area contributed by atoms with Crippen LogP contribution in [0.25, 0.3) is 0 Å². The molecule has 0 aliphatic rings. The number of benzene rings is 1. The second kappa shape index (κ2) is 16.5. The fourth-order valence-corrected chi connectivity index (χ4v) is 2.64. The van der Waals surface area contributed by atoms with Crippen LogP contribution < -0.4 is 0 Å². The van der Waals surface area contributed by atoms with E-state index < -0.39 is 5.60 Å². The van der Waals surface area contributed by atoms with Crippen LogP contribution in [0.15, 0.2) is 29.2 Å². The third-order valence-corrected chi connectivity index (χ3v) is 4.22. The maximum absolute atomic E-state index is 11.5. The van der Waals surface area contributed by atoms with Crippen LogP contribution in [-0.2, 0) is 32.7 Å². The molecule has 0 aliphatic heterocycles. The highest BCUT2D eigenvalue weighted by Crippen LogP contribution is 2.18. The first-order valence-corrected chi connectivity index (χ1v) is 11.0. The molecule has 0 N–H and O–H groups in total. The molecule has 30 heavy (non-hydrogen) atoms. The van der Waals surface area contributed by atoms with Crippen molar-refractivity contribution in [1.82, 2.24) is 0 Å². The summed E-state index contributed by atoms with van der Waals surface area (Å²) in [6.07, 6.45) is 0.246. The van der Waals surface area contributed by atoms with Crippen molar-refractivity contribution in [2.24, 2.45) is 0 Å². The Labute approximate surface area is 184 Å². The van der Waals surface area contributed by atoms with E-state index in [2.05, 4.69) is 19.1 Å². The van der Waals surface area contributed by atoms with Gasteiger partial charge in [-0.25, -0.2) is 0 Å². The Bertz CT molecular complexity index is 558. The first-order chi connectivity index (χ1) is 14.4. The number of hydrogen-bond donors (Lipinski definition) is 0. The number of ether oxygens (including phenoxy) is 5. The number of aryl methyl sites for hydroxylation is 1. The largest absolute Gasteiger partial charge is 0.460 e. The molecule has 0 amide bonds. The second-order valence-electron chi connectivity index (χ2n) is 7.50. The Morgan fingerprint density at radius 1 is 0.767 bits per heavy atom. The molecule has 0 unspecified atom stereocenters. The molecule has 0 bridgehead atoms. The van der Waals surface area contributed by atoms with Crippen molar-refractivity contribution in [3.8, 4) is 0 Å². The molecule has 0 aliphatic carbocycles. The summed E-state index contributed by atoms with van der Waals surface area (Å²) in [5, 5.41) is 0. The number of rotatable bonds is 17. The number of carbonyl (C=O) groups excluding carboxylic acids is 1. The highest BCUT2D eigenvalue weighted by Gasteiger charge is 2.15. The molecule has 0 atom stereocenters. The monoisotopic (exact) mass is 444 g/mol. The van der Waals surface area contributed by atoms with Crippen molar-refractivity contribution < 1.29 is 32.7 Å². The van der Waals surface area contributed by atoms with Gasteiger partial charge in [0.25, 0.3) is 0 Å². The van der Waals surface area contributed by atoms with Gasteiger partial charge in [-0.3, -0.25) is 4.79 Å². The maximum Gasteiger partial charge on any atom is 0.308 e. The summed E-state index contributed by atoms with van der Waals surface area (Å²) >= 11 is 1.36. The van der Waals surface area contributed by atoms with Crippen LogP contribution in [0.4, 0.5) is 0 Å². The lowest BCUT2D eigenvalue weighted by Gasteiger charge is -2.19. The lowest BCUT2D eigenvalue weighted by molar-refractivity contribution is -0.156. The SMILES string of the molecule is Cc1ccc(SOCCOCCOCCOCCOCCC(=O)OC(C)(C)C)cc1. The Morgan fingerprint density at radius 3 is 1.73 bits per heavy atom. The molecule has 172 valence electrons. The van der Waals surface area contributed by atoms with Gasteiger partial charge in [0.15, 0.2) is 0 Å². The summed E-state index contributed by atoms with van der Waals surface area (Å²) < 4.78 is 32.3. The highest BCUT2D eigenvalue weighted by atomic mass is 32.2. The van der Waals surface area contributed by atoms with Gasteiger partial charge in [0.2, 0.25) is 0 Å². The molecule has 0 radical (unpaired) electrons. The van der Waals surface area contributed by atoms with Crippen molar-refractivity contribution in [2.75, 3.05) is 59.5 Å². The first-order valence-electron chi connectivity index (χ1n) is 10.3. The van der Waals surface area contributed by atoms with E-state index >= 15 is 0 Å². The third-order valence-electron chi connectivity index (χ3n) is 3.47. The molecule has 1 aromatic rings. The van der Waals surface area contributed by atoms with Crippen molar-refractivity contribution in [2.45, 2.75) is 44.6 Å². The van der Waals surface area contributed by atoms with Gasteiger partial charge in [0.05, 0.1) is 65.9 Å². The Balaban J connectivity index is 1.76. The number of esters is 1. The van der Waals surface area contributed by atoms with E-state index in [9.17, 15) is 4.79 Å². The predicted molar refractivity (Wildman–Crippen MR) is 117 cm³/mol. The van der Waals surface area contributed by atoms with E-state index in [0.29, 0.717) is 59.5 Å². The van der Waals surface area contributed by atoms with Crippen LogP contribution in [0.3, 0.4) is 0 Å². The Hall–Kier alpha value is -1.16. The molecule has 7 nitrogen and oxygen atoms in total. The summed E-state index contributed by atoms with van der Waals surface area (Å²) in [7, 11) is 0. The minimum atomic E-state index is -0.459. The lowest BCUT2D eigenvalue weighted by atomic mass is 10.2. The van der Waals surface area contributed by atoms with Crippen LogP contribution in [0.5, 0.6) is 0 Å². The van der Waals surface area contributed by atoms with E-state index in [-0.39, 0.29) is 12.4 Å². The maximum atomic E-state index is 11.5. The van der Waals surface area contributed by atoms with Gasteiger partial charge in [0.1, 0.15) is 5.60 Å². The van der Waals surface area contributed by atoms with Gasteiger partial charge in [0, 0.05) is 16.9 Å². The fourth-order valence-electron chi connectivity index (χ4n) is 2.11. The van der Waals surface area contributed by atoms with Gasteiger partial charge < -0.3 is 27.9 Å². The second-order valence-corrected chi connectivity index (χ2v) is 8.38. The van der Waals surface area contributed by atoms with Crippen molar-refractivity contribution in [3.05, 3.63) is 29.8 Å². The summed E-state index contributed by atoms with van der Waals surface area (Å²) in [6.45, 7) is 11.9. The summed E-state index contributed by atoms with van der Waals surface area (Å²) in [5.41, 5.74) is 0.775. The average molecular weight is 445 g/mol. The topological polar surface area (TPSA) is 72.5 Å². The molecule has 1 aromatic carbocycles. The minimum Gasteiger partial charge on any atom is -0.460 e. The molecule has 0 heterocycles. The minimum absolute atomic E-state index is 0.246. The van der Waals surface area contributed by atoms with Crippen LogP contribution in [-0.4, -0.2) is 71.0 Å². The summed E-state index contributed by atoms with van der Waals surface area (Å²) in [6, 6.07) is 8.19. The van der Waals surface area contributed by atoms with Crippen LogP contribution in [0, 0.1) is 6.92 Å². The molecule has 1 rings (SSSR count). The number of carbonyl (C=O) groups is 1. The van der Waals surface area contributed by atoms with Crippen molar-refractivity contribution in [1.29, 1.82) is 0 Å². The molecular weight excluding hydrogens is 408 g/mol. The van der Waals surface area contributed by atoms with Crippen LogP contribution in [0.2, 0.25) is 0 Å². The van der Waals surface area contributed by atoms with Crippen molar-refractivity contribution in [3.63, 3.8) is 0 Å². The van der Waals surface area contributed by atoms with Gasteiger partial charge in [-0.05, 0) is 39.8 Å². The Kier molecular flexibility index (Phi) is 14.8. The molecule has 8 heteroatoms. The molecule has 0 saturated carbocycles. The molecule has 0 spiro atoms. The van der Waals surface area contributed by atoms with E-state index in [0.717, 1.165) is 4.90 Å². The van der Waals surface area contributed by atoms with E-state index in [4.69, 9.17) is 27.9 Å². The zero-order valence-corrected chi connectivity index (χ0v) is 19.5. The van der Waals surface area contributed by atoms with E-state index in [1.807, 2.05) is 32.9 Å². The van der Waals surface area contributed by atoms with Gasteiger partial charge in [-0.2, -0.15) is 0 Å². The molecular formula is C22H36O7S. The normalized spacial score (nSPS) is 11.6. The molecule has 0 saturated heterocycles.